The van der Waals surface area contributed by atoms with Gasteiger partial charge >= 0.3 is 0 Å². The number of hydrogen-bond donors (Lipinski definition) is 2. The van der Waals surface area contributed by atoms with Crippen LogP contribution in [-0.4, -0.2) is 39.7 Å². The number of thiophene rings is 1. The maximum atomic E-state index is 13.7. The van der Waals surface area contributed by atoms with E-state index in [1.807, 2.05) is 17.1 Å². The largest absolute Gasteiger partial charge is 0.352 e. The summed E-state index contributed by atoms with van der Waals surface area (Å²) in [4.78, 5) is 27.8. The summed E-state index contributed by atoms with van der Waals surface area (Å²) in [5.74, 6) is 6.82. The van der Waals surface area contributed by atoms with Gasteiger partial charge in [-0.15, -0.1) is 11.3 Å². The molecule has 10 heteroatoms. The molecule has 2 fully saturated rings. The summed E-state index contributed by atoms with van der Waals surface area (Å²) >= 11 is 14.4. The number of nitrogens with one attached hydrogen (secondary N) is 2. The SMILES string of the molecule is CCC(=O)NCc1c(C(=O)NN2CCCCC2)nn(-c2ccc(Cl)cc2Cl)c1-c1ccc(C#CC2CCCC2)s1. The molecule has 40 heavy (non-hydrogen) atoms. The van der Waals surface area contributed by atoms with Gasteiger partial charge in [0.15, 0.2) is 5.69 Å². The van der Waals surface area contributed by atoms with Crippen LogP contribution in [0.3, 0.4) is 0 Å². The number of hydrogen-bond acceptors (Lipinski definition) is 5. The molecule has 2 aliphatic rings. The van der Waals surface area contributed by atoms with Crippen LogP contribution in [0.2, 0.25) is 10.0 Å². The average Bonchev–Trinajstić information content (AvgIpc) is 3.71. The van der Waals surface area contributed by atoms with E-state index in [0.717, 1.165) is 54.9 Å². The summed E-state index contributed by atoms with van der Waals surface area (Å²) in [6.07, 6.45) is 8.34. The first-order valence-electron chi connectivity index (χ1n) is 13.9. The van der Waals surface area contributed by atoms with Crippen LogP contribution in [0.5, 0.6) is 0 Å². The van der Waals surface area contributed by atoms with Crippen LogP contribution < -0.4 is 10.7 Å². The first kappa shape index (κ1) is 28.7. The Morgan fingerprint density at radius 2 is 1.85 bits per heavy atom. The first-order chi connectivity index (χ1) is 19.4. The van der Waals surface area contributed by atoms with Gasteiger partial charge in [0, 0.05) is 42.6 Å². The lowest BCUT2D eigenvalue weighted by Gasteiger charge is -2.26. The van der Waals surface area contributed by atoms with Gasteiger partial charge in [0.05, 0.1) is 26.2 Å². The second-order valence-electron chi connectivity index (χ2n) is 10.2. The van der Waals surface area contributed by atoms with Gasteiger partial charge in [-0.2, -0.15) is 5.10 Å². The molecule has 2 aromatic heterocycles. The zero-order chi connectivity index (χ0) is 28.1. The molecular formula is C30H33Cl2N5O2S. The molecule has 0 bridgehead atoms. The van der Waals surface area contributed by atoms with Gasteiger partial charge in [0.2, 0.25) is 5.91 Å². The average molecular weight is 599 g/mol. The molecule has 7 nitrogen and oxygen atoms in total. The monoisotopic (exact) mass is 597 g/mol. The third-order valence-electron chi connectivity index (χ3n) is 7.33. The van der Waals surface area contributed by atoms with Crippen LogP contribution in [-0.2, 0) is 11.3 Å². The van der Waals surface area contributed by atoms with Crippen molar-refractivity contribution >= 4 is 46.4 Å². The summed E-state index contributed by atoms with van der Waals surface area (Å²) in [7, 11) is 0. The van der Waals surface area contributed by atoms with E-state index >= 15 is 0 Å². The maximum absolute atomic E-state index is 13.7. The van der Waals surface area contributed by atoms with Gasteiger partial charge in [0.25, 0.3) is 5.91 Å². The molecule has 1 aliphatic heterocycles. The highest BCUT2D eigenvalue weighted by atomic mass is 35.5. The van der Waals surface area contributed by atoms with Crippen molar-refractivity contribution in [2.45, 2.75) is 64.8 Å². The van der Waals surface area contributed by atoms with Crippen LogP contribution >= 0.6 is 34.5 Å². The summed E-state index contributed by atoms with van der Waals surface area (Å²) in [5.41, 5.74) is 5.19. The molecule has 1 saturated heterocycles. The fourth-order valence-electron chi connectivity index (χ4n) is 5.17. The van der Waals surface area contributed by atoms with Gasteiger partial charge < -0.3 is 5.32 Å². The Morgan fingerprint density at radius 1 is 1.07 bits per heavy atom. The standard InChI is InChI=1S/C30H33Cl2N5O2S/c1-2-27(38)33-19-23-28(30(39)35-36-16-6-3-7-17-36)34-37(25-14-11-21(31)18-24(25)32)29(23)26-15-13-22(40-26)12-10-20-8-4-5-9-20/h11,13-15,18,20H,2-9,16-17,19H2,1H3,(H,33,38)(H,35,39). The molecule has 2 amide bonds. The lowest BCUT2D eigenvalue weighted by atomic mass is 10.1. The van der Waals surface area contributed by atoms with Gasteiger partial charge in [-0.3, -0.25) is 15.0 Å². The third-order valence-corrected chi connectivity index (χ3v) is 8.87. The molecule has 1 aromatic carbocycles. The molecule has 0 spiro atoms. The van der Waals surface area contributed by atoms with Crippen LogP contribution in [0.25, 0.3) is 16.3 Å². The number of hydrazine groups is 1. The van der Waals surface area contributed by atoms with Crippen molar-refractivity contribution in [1.29, 1.82) is 0 Å². The number of aromatic nitrogens is 2. The van der Waals surface area contributed by atoms with Crippen LogP contribution in [0.4, 0.5) is 0 Å². The van der Waals surface area contributed by atoms with Crippen molar-refractivity contribution in [3.05, 3.63) is 56.5 Å². The number of benzene rings is 1. The summed E-state index contributed by atoms with van der Waals surface area (Å²) < 4.78 is 1.69. The summed E-state index contributed by atoms with van der Waals surface area (Å²) in [6, 6.07) is 9.19. The molecule has 0 atom stereocenters. The zero-order valence-corrected chi connectivity index (χ0v) is 24.9. The van der Waals surface area contributed by atoms with Crippen molar-refractivity contribution < 1.29 is 9.59 Å². The first-order valence-corrected chi connectivity index (χ1v) is 15.5. The molecule has 210 valence electrons. The Hall–Kier alpha value is -2.83. The fourth-order valence-corrected chi connectivity index (χ4v) is 6.58. The Morgan fingerprint density at radius 3 is 2.58 bits per heavy atom. The second-order valence-corrected chi connectivity index (χ2v) is 12.1. The molecule has 1 aliphatic carbocycles. The molecular weight excluding hydrogens is 565 g/mol. The van der Waals surface area contributed by atoms with E-state index in [9.17, 15) is 9.59 Å². The van der Waals surface area contributed by atoms with Crippen molar-refractivity contribution in [2.24, 2.45) is 5.92 Å². The zero-order valence-electron chi connectivity index (χ0n) is 22.6. The molecule has 2 N–H and O–H groups in total. The quantitative estimate of drug-likeness (QED) is 0.300. The van der Waals surface area contributed by atoms with Crippen molar-refractivity contribution in [1.82, 2.24) is 25.5 Å². The lowest BCUT2D eigenvalue weighted by molar-refractivity contribution is -0.120. The third kappa shape index (κ3) is 6.72. The maximum Gasteiger partial charge on any atom is 0.286 e. The number of rotatable bonds is 7. The number of piperidine rings is 1. The number of nitrogens with zero attached hydrogens (tertiary/aromatic N) is 3. The predicted octanol–water partition coefficient (Wildman–Crippen LogP) is 6.61. The van der Waals surface area contributed by atoms with E-state index < -0.39 is 0 Å². The molecule has 5 rings (SSSR count). The Kier molecular flexibility index (Phi) is 9.48. The Bertz CT molecular complexity index is 1440. The van der Waals surface area contributed by atoms with Gasteiger partial charge in [-0.1, -0.05) is 61.2 Å². The summed E-state index contributed by atoms with van der Waals surface area (Å²) in [5, 5.41) is 10.6. The van der Waals surface area contributed by atoms with E-state index in [0.29, 0.717) is 39.3 Å². The minimum atomic E-state index is -0.314. The van der Waals surface area contributed by atoms with E-state index in [1.165, 1.54) is 12.8 Å². The number of carbonyl (C=O) groups is 2. The molecule has 0 radical (unpaired) electrons. The highest BCUT2D eigenvalue weighted by molar-refractivity contribution is 7.16. The van der Waals surface area contributed by atoms with E-state index in [-0.39, 0.29) is 24.1 Å². The molecule has 1 saturated carbocycles. The van der Waals surface area contributed by atoms with Gasteiger partial charge in [-0.05, 0) is 56.0 Å². The predicted molar refractivity (Wildman–Crippen MR) is 161 cm³/mol. The van der Waals surface area contributed by atoms with Crippen molar-refractivity contribution in [3.63, 3.8) is 0 Å². The fraction of sp³-hybridized carbons (Fsp3) is 0.433. The van der Waals surface area contributed by atoms with Crippen molar-refractivity contribution in [3.8, 4) is 28.1 Å². The van der Waals surface area contributed by atoms with Crippen LogP contribution in [0.15, 0.2) is 30.3 Å². The smallest absolute Gasteiger partial charge is 0.286 e. The Balaban J connectivity index is 1.60. The highest BCUT2D eigenvalue weighted by Gasteiger charge is 2.28. The molecule has 0 unspecified atom stereocenters. The van der Waals surface area contributed by atoms with E-state index in [2.05, 4.69) is 22.6 Å². The minimum Gasteiger partial charge on any atom is -0.352 e. The van der Waals surface area contributed by atoms with Crippen LogP contribution in [0, 0.1) is 17.8 Å². The van der Waals surface area contributed by atoms with Gasteiger partial charge in [0.1, 0.15) is 0 Å². The van der Waals surface area contributed by atoms with Crippen LogP contribution in [0.1, 0.15) is 79.2 Å². The van der Waals surface area contributed by atoms with Gasteiger partial charge in [-0.25, -0.2) is 9.69 Å². The highest BCUT2D eigenvalue weighted by Crippen LogP contribution is 2.37. The second kappa shape index (κ2) is 13.2. The molecule has 3 aromatic rings. The number of amides is 2. The number of carbonyl (C=O) groups excluding carboxylic acids is 2. The normalized spacial score (nSPS) is 16.0. The lowest BCUT2D eigenvalue weighted by Crippen LogP contribution is -2.45. The topological polar surface area (TPSA) is 79.3 Å². The van der Waals surface area contributed by atoms with E-state index in [1.54, 1.807) is 41.1 Å². The summed E-state index contributed by atoms with van der Waals surface area (Å²) in [6.45, 7) is 3.53. The number of halogens is 2. The minimum absolute atomic E-state index is 0.111. The van der Waals surface area contributed by atoms with Crippen molar-refractivity contribution in [2.75, 3.05) is 13.1 Å². The van der Waals surface area contributed by atoms with E-state index in [4.69, 9.17) is 28.3 Å². The molecule has 3 heterocycles. The Labute approximate surface area is 249 Å².